The van der Waals surface area contributed by atoms with Crippen LogP contribution in [0.2, 0.25) is 0 Å². The van der Waals surface area contributed by atoms with Gasteiger partial charge in [0.1, 0.15) is 71.5 Å². The van der Waals surface area contributed by atoms with Crippen molar-refractivity contribution in [2.75, 3.05) is 39.7 Å². The van der Waals surface area contributed by atoms with Crippen molar-refractivity contribution in [3.63, 3.8) is 0 Å². The third-order valence-electron chi connectivity index (χ3n) is 13.0. The van der Waals surface area contributed by atoms with Crippen LogP contribution in [0.3, 0.4) is 0 Å². The van der Waals surface area contributed by atoms with E-state index in [4.69, 9.17) is 29.7 Å². The highest BCUT2D eigenvalue weighted by Gasteiger charge is 2.33. The van der Waals surface area contributed by atoms with Crippen LogP contribution >= 0.6 is 68.4 Å². The molecule has 8 N–H and O–H groups in total. The number of benzene rings is 2. The van der Waals surface area contributed by atoms with E-state index in [0.717, 1.165) is 22.7 Å². The molecule has 0 saturated carbocycles. The number of thiazole rings is 5. The lowest BCUT2D eigenvalue weighted by Gasteiger charge is -2.26. The lowest BCUT2D eigenvalue weighted by atomic mass is 10.0. The van der Waals surface area contributed by atoms with Crippen LogP contribution in [0.25, 0.3) is 43.4 Å². The number of aromatic carboxylic acids is 1. The molecule has 0 spiro atoms. The molecule has 23 nitrogen and oxygen atoms in total. The van der Waals surface area contributed by atoms with E-state index in [9.17, 15) is 43.8 Å². The second-order valence-corrected chi connectivity index (χ2v) is 25.3. The molecule has 5 atom stereocenters. The average molecular weight is 1260 g/mol. The van der Waals surface area contributed by atoms with Gasteiger partial charge in [0.15, 0.2) is 0 Å². The molecule has 440 valence electrons. The van der Waals surface area contributed by atoms with E-state index in [1.165, 1.54) is 84.2 Å². The fourth-order valence-corrected chi connectivity index (χ4v) is 14.3. The number of carboxylic acids is 1. The Morgan fingerprint density at radius 3 is 2.14 bits per heavy atom. The average Bonchev–Trinajstić information content (AvgIpc) is 3.66. The predicted octanol–water partition coefficient (Wildman–Crippen LogP) is 7.84. The minimum atomic E-state index is -1.27. The summed E-state index contributed by atoms with van der Waals surface area (Å²) in [7, 11) is 4.55. The summed E-state index contributed by atoms with van der Waals surface area (Å²) in [6, 6.07) is 15.0. The largest absolute Gasteiger partial charge is 0.478 e. The Morgan fingerprint density at radius 2 is 1.42 bits per heavy atom. The number of ether oxygens (including phenoxy) is 1. The first-order chi connectivity index (χ1) is 40.9. The van der Waals surface area contributed by atoms with Crippen LogP contribution in [0.4, 0.5) is 5.82 Å². The molecule has 0 aliphatic carbocycles. The molecule has 8 aromatic rings. The van der Waals surface area contributed by atoms with Gasteiger partial charge in [0.25, 0.3) is 17.7 Å². The van der Waals surface area contributed by atoms with Crippen LogP contribution < -0.4 is 31.9 Å². The molecular formula is C56H55N13O10S6. The van der Waals surface area contributed by atoms with Gasteiger partial charge in [-0.3, -0.25) is 33.8 Å². The molecule has 0 fully saturated rings. The van der Waals surface area contributed by atoms with E-state index < -0.39 is 77.4 Å². The second-order valence-electron chi connectivity index (χ2n) is 19.3. The van der Waals surface area contributed by atoms with Crippen molar-refractivity contribution in [2.24, 2.45) is 10.9 Å². The van der Waals surface area contributed by atoms with Gasteiger partial charge in [0.2, 0.25) is 17.7 Å². The quantitative estimate of drug-likeness (QED) is 0.0611. The molecule has 0 saturated heterocycles. The van der Waals surface area contributed by atoms with Gasteiger partial charge in [-0.15, -0.1) is 68.4 Å². The first-order valence-corrected chi connectivity index (χ1v) is 31.3. The number of aliphatic hydroxyl groups is 1. The van der Waals surface area contributed by atoms with Crippen molar-refractivity contribution in [3.05, 3.63) is 131 Å². The minimum absolute atomic E-state index is 0.0157. The van der Waals surface area contributed by atoms with Gasteiger partial charge in [-0.05, 0) is 54.8 Å². The van der Waals surface area contributed by atoms with Crippen LogP contribution in [0.5, 0.6) is 0 Å². The first kappa shape index (κ1) is 61.5. The number of aromatic nitrogens is 6. The van der Waals surface area contributed by atoms with E-state index in [1.54, 1.807) is 78.0 Å². The first-order valence-electron chi connectivity index (χ1n) is 26.1. The van der Waals surface area contributed by atoms with Crippen molar-refractivity contribution in [1.82, 2.24) is 56.5 Å². The van der Waals surface area contributed by atoms with Gasteiger partial charge in [-0.2, -0.15) is 0 Å². The van der Waals surface area contributed by atoms with Gasteiger partial charge in [0, 0.05) is 70.4 Å². The molecule has 6 aromatic heterocycles. The summed E-state index contributed by atoms with van der Waals surface area (Å²) in [5.41, 5.74) is 2.88. The van der Waals surface area contributed by atoms with Crippen molar-refractivity contribution < 1.29 is 48.5 Å². The summed E-state index contributed by atoms with van der Waals surface area (Å²) in [5.74, 6) is -4.23. The maximum atomic E-state index is 14.3. The SMILES string of the molecule is C/N=C1\SC(COC)CC(=O)NCC(=O)N[C@@H]([C@@H](O)c2ccccc2)c2nc(cs2)-c2nc(cs2)-c2nc(-c3nc(NC(=O)c4ccc(C(=O)O)cc4)cs3)ccc2-c2nc(cs2)C(=O)N[C@@H](CC(=O)NC)c2nc(c(C)s2)C(=O)N[C@H]1C(C)C. The molecule has 1 aliphatic rings. The highest BCUT2D eigenvalue weighted by Crippen LogP contribution is 2.40. The molecule has 85 heavy (non-hydrogen) atoms. The topological polar surface area (TPSA) is 331 Å². The summed E-state index contributed by atoms with van der Waals surface area (Å²) in [4.78, 5) is 128. The maximum Gasteiger partial charge on any atom is 0.335 e. The predicted molar refractivity (Wildman–Crippen MR) is 328 cm³/mol. The number of aliphatic imine (C=N–C) groups is 1. The van der Waals surface area contributed by atoms with Gasteiger partial charge in [0.05, 0.1) is 48.0 Å². The molecule has 6 amide bonds. The van der Waals surface area contributed by atoms with Gasteiger partial charge in [-0.1, -0.05) is 44.2 Å². The number of methoxy groups -OCH3 is 1. The Morgan fingerprint density at radius 1 is 0.729 bits per heavy atom. The Kier molecular flexibility index (Phi) is 20.1. The van der Waals surface area contributed by atoms with Crippen LogP contribution in [0.1, 0.15) is 107 Å². The second kappa shape index (κ2) is 27.8. The molecule has 8 bridgehead atoms. The number of thioether (sulfide) groups is 1. The zero-order chi connectivity index (χ0) is 60.5. The molecule has 1 unspecified atom stereocenters. The van der Waals surface area contributed by atoms with Gasteiger partial charge < -0.3 is 46.9 Å². The van der Waals surface area contributed by atoms with Crippen molar-refractivity contribution >= 4 is 121 Å². The maximum absolute atomic E-state index is 14.3. The van der Waals surface area contributed by atoms with E-state index >= 15 is 0 Å². The zero-order valence-corrected chi connectivity index (χ0v) is 51.1. The van der Waals surface area contributed by atoms with Crippen molar-refractivity contribution in [2.45, 2.75) is 63.1 Å². The number of carboxylic acid groups (broad SMARTS) is 1. The Bertz CT molecular complexity index is 3800. The summed E-state index contributed by atoms with van der Waals surface area (Å²) in [6.07, 6.45) is -1.58. The number of amides is 6. The van der Waals surface area contributed by atoms with E-state index in [2.05, 4.69) is 41.9 Å². The molecule has 1 aliphatic heterocycles. The number of rotatable bonds is 11. The number of pyridine rings is 1. The molecule has 29 heteroatoms. The number of carbonyl (C=O) groups excluding carboxylic acids is 6. The molecule has 7 heterocycles. The minimum Gasteiger partial charge on any atom is -0.478 e. The Labute approximate surface area is 510 Å². The van der Waals surface area contributed by atoms with E-state index in [0.29, 0.717) is 68.9 Å². The van der Waals surface area contributed by atoms with Gasteiger partial charge >= 0.3 is 5.97 Å². The fourth-order valence-electron chi connectivity index (χ4n) is 8.65. The number of fused-ring (bicyclic) bond motifs is 12. The number of hydrogen-bond donors (Lipinski definition) is 8. The molecule has 9 rings (SSSR count). The van der Waals surface area contributed by atoms with Crippen molar-refractivity contribution in [1.29, 1.82) is 0 Å². The standard InChI is InChI=1S/C56H55N13O10S6/c1-26(2)42-54(58-5)85-31(21-79-6)18-40(71)59-20-41(72)67-45(46(73)28-10-8-7-9-11-28)55-64-37(24-82-55)52-62-35(22-81-52)44-32(16-17-33(60-44)51-66-38(25-83-51)65-47(74)29-12-14-30(15-13-29)56(77)78)50-63-36(23-80-50)48(75)61-34(19-39(70)57-4)53-69-43(27(3)84-53)49(76)68-42/h7-17,22-26,31,34,42,45-46,73H,18-21H2,1-6H3,(H,57,70)(H,59,71)(H,61,75)(H,65,74)(H,67,72)(H,68,76)(H,77,78)/b58-54-/t31?,34-,42-,45-,46-/m0/s1. The number of aliphatic hydroxyl groups excluding tert-OH is 1. The number of anilines is 1. The van der Waals surface area contributed by atoms with Crippen LogP contribution in [0.15, 0.2) is 93.2 Å². The van der Waals surface area contributed by atoms with E-state index in [-0.39, 0.29) is 53.7 Å². The lowest BCUT2D eigenvalue weighted by Crippen LogP contribution is -2.45. The van der Waals surface area contributed by atoms with E-state index in [1.807, 2.05) is 13.8 Å². The highest BCUT2D eigenvalue weighted by molar-refractivity contribution is 8.14. The normalized spacial score (nSPS) is 18.1. The lowest BCUT2D eigenvalue weighted by molar-refractivity contribution is -0.127. The van der Waals surface area contributed by atoms with Gasteiger partial charge in [-0.25, -0.2) is 34.7 Å². The molecule has 2 aromatic carbocycles. The number of nitrogens with one attached hydrogen (secondary N) is 6. The smallest absolute Gasteiger partial charge is 0.335 e. The van der Waals surface area contributed by atoms with Crippen LogP contribution in [-0.2, 0) is 19.1 Å². The Hall–Kier alpha value is -8.03. The van der Waals surface area contributed by atoms with Crippen LogP contribution in [0, 0.1) is 12.8 Å². The Balaban J connectivity index is 1.10. The monoisotopic (exact) mass is 1260 g/mol. The fraction of sp³-hybridized carbons (Fsp3) is 0.286. The number of hydrogen-bond acceptors (Lipinski definition) is 22. The molecular weight excluding hydrogens is 1210 g/mol. The summed E-state index contributed by atoms with van der Waals surface area (Å²) >= 11 is 7.22. The van der Waals surface area contributed by atoms with Crippen molar-refractivity contribution in [3.8, 4) is 43.4 Å². The number of carbonyl (C=O) groups is 7. The number of aryl methyl sites for hydroxylation is 1. The third-order valence-corrected chi connectivity index (χ3v) is 18.9. The zero-order valence-electron chi connectivity index (χ0n) is 46.2. The molecule has 0 radical (unpaired) electrons. The highest BCUT2D eigenvalue weighted by atomic mass is 32.2. The third kappa shape index (κ3) is 14.9. The van der Waals surface area contributed by atoms with Crippen LogP contribution in [-0.4, -0.2) is 132 Å². The summed E-state index contributed by atoms with van der Waals surface area (Å²) in [6.45, 7) is 5.21. The summed E-state index contributed by atoms with van der Waals surface area (Å²) in [5, 5.41) is 46.8. The summed E-state index contributed by atoms with van der Waals surface area (Å²) < 4.78 is 5.52. The number of nitrogens with zero attached hydrogens (tertiary/aromatic N) is 7.